The number of ether oxygens (including phenoxy) is 1. The average molecular weight is 460 g/mol. The number of hydrogen-bond donors (Lipinski definition) is 0. The molecule has 32 heavy (non-hydrogen) atoms. The number of halogens is 3. The van der Waals surface area contributed by atoms with Crippen LogP contribution in [0.4, 0.5) is 13.2 Å². The minimum absolute atomic E-state index is 0.0494. The van der Waals surface area contributed by atoms with E-state index < -0.39 is 29.5 Å². The average Bonchev–Trinajstić information content (AvgIpc) is 2.79. The van der Waals surface area contributed by atoms with Crippen LogP contribution in [0.1, 0.15) is 25.1 Å². The summed E-state index contributed by atoms with van der Waals surface area (Å²) >= 11 is 1.45. The van der Waals surface area contributed by atoms with Crippen molar-refractivity contribution in [1.29, 1.82) is 0 Å². The first-order valence-electron chi connectivity index (χ1n) is 9.90. The first-order valence-corrected chi connectivity index (χ1v) is 10.8. The number of aliphatic imine (C=N–C) groups is 2. The van der Waals surface area contributed by atoms with Crippen LogP contribution in [0.2, 0.25) is 0 Å². The Morgan fingerprint density at radius 1 is 1.19 bits per heavy atom. The summed E-state index contributed by atoms with van der Waals surface area (Å²) in [6.45, 7) is 1.48. The van der Waals surface area contributed by atoms with Crippen molar-refractivity contribution in [2.24, 2.45) is 9.98 Å². The lowest BCUT2D eigenvalue weighted by molar-refractivity contribution is -0.138. The maximum absolute atomic E-state index is 13.7. The normalized spacial score (nSPS) is 20.6. The van der Waals surface area contributed by atoms with Gasteiger partial charge in [0.1, 0.15) is 5.57 Å². The predicted molar refractivity (Wildman–Crippen MR) is 115 cm³/mol. The number of nitrogens with zero attached hydrogens (tertiary/aromatic N) is 4. The third-order valence-corrected chi connectivity index (χ3v) is 6.02. The second-order valence-corrected chi connectivity index (χ2v) is 8.20. The fraction of sp³-hybridized carbons (Fsp3) is 0.273. The number of benzene rings is 1. The lowest BCUT2D eigenvalue weighted by atomic mass is 10.1. The largest absolute Gasteiger partial charge is 0.462 e. The summed E-state index contributed by atoms with van der Waals surface area (Å²) in [6.07, 6.45) is -1.61. The molecule has 0 fully saturated rings. The Bertz CT molecular complexity index is 1070. The van der Waals surface area contributed by atoms with Crippen LogP contribution in [0.5, 0.6) is 0 Å². The summed E-state index contributed by atoms with van der Waals surface area (Å²) in [6, 6.07) is 14.3. The molecule has 2 atom stereocenters. The van der Waals surface area contributed by atoms with Crippen LogP contribution >= 0.6 is 11.8 Å². The van der Waals surface area contributed by atoms with Crippen LogP contribution in [-0.4, -0.2) is 45.7 Å². The maximum Gasteiger partial charge on any atom is 0.434 e. The number of fused-ring (bicyclic) bond motifs is 1. The van der Waals surface area contributed by atoms with Gasteiger partial charge >= 0.3 is 12.1 Å². The molecule has 6 nitrogen and oxygen atoms in total. The molecule has 0 saturated heterocycles. The standard InChI is InChI=1S/C22H19F3N4O2S/c1-2-31-20(30)15-13-29-18(32-14-8-4-3-5-9-14)12-17(16-10-6-7-11-26-16)27-21(29)28-19(15)22(23,24)25/h3-11,13,17-18H,2,12H2,1H3. The molecular formula is C22H19F3N4O2S. The lowest BCUT2D eigenvalue weighted by Crippen LogP contribution is -2.45. The van der Waals surface area contributed by atoms with Gasteiger partial charge in [-0.05, 0) is 31.2 Å². The van der Waals surface area contributed by atoms with E-state index in [1.165, 1.54) is 23.6 Å². The van der Waals surface area contributed by atoms with Crippen molar-refractivity contribution in [2.75, 3.05) is 6.61 Å². The minimum atomic E-state index is -4.84. The fourth-order valence-corrected chi connectivity index (χ4v) is 4.55. The zero-order valence-electron chi connectivity index (χ0n) is 17.0. The van der Waals surface area contributed by atoms with E-state index in [0.29, 0.717) is 12.1 Å². The molecule has 0 N–H and O–H groups in total. The third kappa shape index (κ3) is 4.69. The molecule has 4 rings (SSSR count). The van der Waals surface area contributed by atoms with E-state index in [1.807, 2.05) is 30.3 Å². The Kier molecular flexibility index (Phi) is 6.31. The molecule has 0 radical (unpaired) electrons. The first kappa shape index (κ1) is 22.1. The van der Waals surface area contributed by atoms with Gasteiger partial charge in [-0.25, -0.2) is 14.8 Å². The monoisotopic (exact) mass is 460 g/mol. The topological polar surface area (TPSA) is 67.2 Å². The number of carbonyl (C=O) groups is 1. The number of thioether (sulfide) groups is 1. The Morgan fingerprint density at radius 3 is 2.59 bits per heavy atom. The van der Waals surface area contributed by atoms with Crippen molar-refractivity contribution >= 4 is 29.4 Å². The Hall–Kier alpha value is -3.14. The highest BCUT2D eigenvalue weighted by Crippen LogP contribution is 2.40. The molecule has 0 amide bonds. The van der Waals surface area contributed by atoms with Crippen LogP contribution in [0.15, 0.2) is 81.4 Å². The number of esters is 1. The molecular weight excluding hydrogens is 441 g/mol. The maximum atomic E-state index is 13.7. The van der Waals surface area contributed by atoms with Crippen molar-refractivity contribution in [3.63, 3.8) is 0 Å². The first-order chi connectivity index (χ1) is 15.4. The van der Waals surface area contributed by atoms with Gasteiger partial charge in [0.15, 0.2) is 5.71 Å². The van der Waals surface area contributed by atoms with Crippen LogP contribution in [0, 0.1) is 0 Å². The van der Waals surface area contributed by atoms with Crippen molar-refractivity contribution in [3.8, 4) is 0 Å². The Morgan fingerprint density at radius 2 is 1.94 bits per heavy atom. The van der Waals surface area contributed by atoms with Gasteiger partial charge in [0.2, 0.25) is 5.96 Å². The van der Waals surface area contributed by atoms with Gasteiger partial charge in [-0.2, -0.15) is 13.2 Å². The van der Waals surface area contributed by atoms with E-state index in [1.54, 1.807) is 24.4 Å². The Balaban J connectivity index is 1.78. The number of guanidine groups is 1. The number of alkyl halides is 3. The molecule has 1 aromatic carbocycles. The number of carbonyl (C=O) groups excluding carboxylic acids is 1. The predicted octanol–water partition coefficient (Wildman–Crippen LogP) is 4.77. The van der Waals surface area contributed by atoms with Crippen molar-refractivity contribution < 1.29 is 22.7 Å². The molecule has 2 aromatic rings. The van der Waals surface area contributed by atoms with E-state index in [4.69, 9.17) is 4.74 Å². The minimum Gasteiger partial charge on any atom is -0.462 e. The van der Waals surface area contributed by atoms with Crippen LogP contribution in [0.25, 0.3) is 0 Å². The zero-order valence-corrected chi connectivity index (χ0v) is 17.8. The molecule has 1 aromatic heterocycles. The number of aromatic nitrogens is 1. The van der Waals surface area contributed by atoms with E-state index in [0.717, 1.165) is 11.1 Å². The zero-order chi connectivity index (χ0) is 22.7. The van der Waals surface area contributed by atoms with Gasteiger partial charge in [-0.15, -0.1) is 11.8 Å². The molecule has 2 unspecified atom stereocenters. The smallest absolute Gasteiger partial charge is 0.434 e. The highest BCUT2D eigenvalue weighted by atomic mass is 32.2. The second-order valence-electron chi connectivity index (χ2n) is 6.95. The van der Waals surface area contributed by atoms with E-state index in [2.05, 4.69) is 15.0 Å². The number of rotatable bonds is 5. The summed E-state index contributed by atoms with van der Waals surface area (Å²) in [5.74, 6) is -1.18. The third-order valence-electron chi connectivity index (χ3n) is 4.78. The summed E-state index contributed by atoms with van der Waals surface area (Å²) in [7, 11) is 0. The van der Waals surface area contributed by atoms with E-state index >= 15 is 0 Å². The molecule has 10 heteroatoms. The SMILES string of the molecule is CCOC(=O)C1=CN2C(=NC(c3ccccn3)CC2Sc2ccccc2)N=C1C(F)(F)F. The van der Waals surface area contributed by atoms with Crippen LogP contribution in [0.3, 0.4) is 0 Å². The molecule has 0 saturated carbocycles. The highest BCUT2D eigenvalue weighted by molar-refractivity contribution is 7.99. The van der Waals surface area contributed by atoms with Gasteiger partial charge < -0.3 is 9.64 Å². The number of hydrogen-bond acceptors (Lipinski definition) is 7. The fourth-order valence-electron chi connectivity index (χ4n) is 3.38. The van der Waals surface area contributed by atoms with E-state index in [-0.39, 0.29) is 17.9 Å². The quantitative estimate of drug-likeness (QED) is 0.602. The van der Waals surface area contributed by atoms with Crippen molar-refractivity contribution in [2.45, 2.75) is 35.8 Å². The van der Waals surface area contributed by atoms with Gasteiger partial charge in [0, 0.05) is 23.7 Å². The molecule has 0 bridgehead atoms. The van der Waals surface area contributed by atoms with Gasteiger partial charge in [-0.3, -0.25) is 4.98 Å². The van der Waals surface area contributed by atoms with E-state index in [9.17, 15) is 18.0 Å². The van der Waals surface area contributed by atoms with Gasteiger partial charge in [0.25, 0.3) is 0 Å². The molecule has 166 valence electrons. The van der Waals surface area contributed by atoms with Crippen LogP contribution < -0.4 is 0 Å². The molecule has 0 aliphatic carbocycles. The van der Waals surface area contributed by atoms with Gasteiger partial charge in [0.05, 0.1) is 23.7 Å². The van der Waals surface area contributed by atoms with Gasteiger partial charge in [-0.1, -0.05) is 24.3 Å². The van der Waals surface area contributed by atoms with Crippen molar-refractivity contribution in [1.82, 2.24) is 9.88 Å². The lowest BCUT2D eigenvalue weighted by Gasteiger charge is -2.38. The summed E-state index contributed by atoms with van der Waals surface area (Å²) in [5.41, 5.74) is -1.30. The van der Waals surface area contributed by atoms with Crippen molar-refractivity contribution in [3.05, 3.63) is 72.2 Å². The summed E-state index contributed by atoms with van der Waals surface area (Å²) in [4.78, 5) is 27.3. The molecule has 0 spiro atoms. The highest BCUT2D eigenvalue weighted by Gasteiger charge is 2.46. The number of pyridine rings is 1. The van der Waals surface area contributed by atoms with Crippen LogP contribution in [-0.2, 0) is 9.53 Å². The second kappa shape index (κ2) is 9.15. The molecule has 2 aliphatic heterocycles. The summed E-state index contributed by atoms with van der Waals surface area (Å²) in [5, 5.41) is -0.361. The molecule has 2 aliphatic rings. The molecule has 3 heterocycles. The Labute approximate surface area is 186 Å². The summed E-state index contributed by atoms with van der Waals surface area (Å²) < 4.78 is 46.1.